The first-order chi connectivity index (χ1) is 11.6. The van der Waals surface area contributed by atoms with Crippen LogP contribution in [0.3, 0.4) is 0 Å². The lowest BCUT2D eigenvalue weighted by Crippen LogP contribution is -2.25. The number of rotatable bonds is 5. The Bertz CT molecular complexity index is 835. The van der Waals surface area contributed by atoms with E-state index < -0.39 is 0 Å². The number of aryl methyl sites for hydroxylation is 2. The molecule has 124 valence electrons. The van der Waals surface area contributed by atoms with Crippen LogP contribution in [0.15, 0.2) is 46.1 Å². The van der Waals surface area contributed by atoms with E-state index >= 15 is 0 Å². The Morgan fingerprint density at radius 2 is 2.04 bits per heavy atom. The Morgan fingerprint density at radius 1 is 1.29 bits per heavy atom. The molecule has 2 heterocycles. The second-order valence-electron chi connectivity index (χ2n) is 5.23. The van der Waals surface area contributed by atoms with Crippen LogP contribution in [-0.2, 0) is 6.54 Å². The van der Waals surface area contributed by atoms with Gasteiger partial charge in [0.05, 0.1) is 18.4 Å². The Morgan fingerprint density at radius 3 is 2.67 bits per heavy atom. The number of oxazole rings is 1. The number of amides is 1. The zero-order valence-corrected chi connectivity index (χ0v) is 14.6. The third kappa shape index (κ3) is 3.21. The molecule has 7 heteroatoms. The van der Waals surface area contributed by atoms with Crippen LogP contribution >= 0.6 is 11.8 Å². The van der Waals surface area contributed by atoms with Gasteiger partial charge in [-0.2, -0.15) is 0 Å². The molecule has 0 fully saturated rings. The number of nitrogens with one attached hydrogen (secondary N) is 1. The summed E-state index contributed by atoms with van der Waals surface area (Å²) in [6.45, 7) is 3.96. The van der Waals surface area contributed by atoms with E-state index in [2.05, 4.69) is 15.3 Å². The normalized spacial score (nSPS) is 10.8. The summed E-state index contributed by atoms with van der Waals surface area (Å²) in [4.78, 5) is 21.2. The van der Waals surface area contributed by atoms with E-state index in [9.17, 15) is 4.79 Å². The molecule has 0 radical (unpaired) electrons. The molecule has 0 atom stereocenters. The van der Waals surface area contributed by atoms with Gasteiger partial charge in [-0.1, -0.05) is 30.0 Å². The second-order valence-corrected chi connectivity index (χ2v) is 6.01. The van der Waals surface area contributed by atoms with Crippen LogP contribution in [0.4, 0.5) is 0 Å². The number of para-hydroxylation sites is 1. The van der Waals surface area contributed by atoms with Crippen LogP contribution in [0.1, 0.15) is 27.8 Å². The van der Waals surface area contributed by atoms with E-state index in [1.807, 2.05) is 55.0 Å². The molecule has 1 amide bonds. The molecule has 24 heavy (non-hydrogen) atoms. The van der Waals surface area contributed by atoms with Crippen molar-refractivity contribution in [2.24, 2.45) is 0 Å². The molecule has 3 rings (SSSR count). The Kier molecular flexibility index (Phi) is 4.71. The summed E-state index contributed by atoms with van der Waals surface area (Å²) in [5.41, 5.74) is 2.20. The maximum absolute atomic E-state index is 12.6. The number of hydrogen-bond donors (Lipinski definition) is 1. The van der Waals surface area contributed by atoms with E-state index in [-0.39, 0.29) is 12.5 Å². The number of thioether (sulfide) groups is 1. The molecule has 0 aliphatic heterocycles. The standard InChI is InChI=1S/C17H18N4O2S/c1-11-12(2)23-15(20-11)10-18-16(22)14-9-19-17(24-3)21(14)13-7-5-4-6-8-13/h4-9H,10H2,1-3H3,(H,18,22). The van der Waals surface area contributed by atoms with Gasteiger partial charge in [-0.05, 0) is 32.2 Å². The zero-order chi connectivity index (χ0) is 17.1. The molecule has 0 saturated carbocycles. The van der Waals surface area contributed by atoms with Crippen molar-refractivity contribution in [3.8, 4) is 5.69 Å². The molecule has 1 N–H and O–H groups in total. The largest absolute Gasteiger partial charge is 0.444 e. The van der Waals surface area contributed by atoms with Crippen molar-refractivity contribution in [2.45, 2.75) is 25.5 Å². The van der Waals surface area contributed by atoms with Crippen LogP contribution in [0.5, 0.6) is 0 Å². The van der Waals surface area contributed by atoms with Gasteiger partial charge in [0.25, 0.3) is 5.91 Å². The number of benzene rings is 1. The fourth-order valence-corrected chi connectivity index (χ4v) is 2.87. The summed E-state index contributed by atoms with van der Waals surface area (Å²) in [6, 6.07) is 9.68. The summed E-state index contributed by atoms with van der Waals surface area (Å²) in [5, 5.41) is 3.60. The van der Waals surface area contributed by atoms with Crippen molar-refractivity contribution < 1.29 is 9.21 Å². The monoisotopic (exact) mass is 342 g/mol. The molecule has 0 spiro atoms. The first-order valence-corrected chi connectivity index (χ1v) is 8.71. The number of carbonyl (C=O) groups is 1. The summed E-state index contributed by atoms with van der Waals surface area (Å²) in [5.74, 6) is 1.03. The SMILES string of the molecule is CSc1ncc(C(=O)NCc2nc(C)c(C)o2)n1-c1ccccc1. The van der Waals surface area contributed by atoms with Crippen LogP contribution in [0.25, 0.3) is 5.69 Å². The number of imidazole rings is 1. The fraction of sp³-hybridized carbons (Fsp3) is 0.235. The third-order valence-corrected chi connectivity index (χ3v) is 4.29. The topological polar surface area (TPSA) is 73.0 Å². The van der Waals surface area contributed by atoms with Crippen LogP contribution in [0.2, 0.25) is 0 Å². The second kappa shape index (κ2) is 6.92. The van der Waals surface area contributed by atoms with Crippen molar-refractivity contribution >= 4 is 17.7 Å². The molecule has 1 aromatic carbocycles. The van der Waals surface area contributed by atoms with Crippen LogP contribution in [-0.4, -0.2) is 26.7 Å². The van der Waals surface area contributed by atoms with Gasteiger partial charge in [0, 0.05) is 5.69 Å². The first kappa shape index (κ1) is 16.3. The molecule has 0 bridgehead atoms. The van der Waals surface area contributed by atoms with Crippen molar-refractivity contribution in [1.82, 2.24) is 19.9 Å². The molecule has 0 unspecified atom stereocenters. The summed E-state index contributed by atoms with van der Waals surface area (Å²) >= 11 is 1.49. The quantitative estimate of drug-likeness (QED) is 0.721. The van der Waals surface area contributed by atoms with Crippen LogP contribution in [0, 0.1) is 13.8 Å². The highest BCUT2D eigenvalue weighted by Gasteiger charge is 2.18. The summed E-state index contributed by atoms with van der Waals surface area (Å²) < 4.78 is 7.33. The highest BCUT2D eigenvalue weighted by Crippen LogP contribution is 2.21. The van der Waals surface area contributed by atoms with Gasteiger partial charge in [-0.15, -0.1) is 0 Å². The highest BCUT2D eigenvalue weighted by atomic mass is 32.2. The molecule has 0 saturated heterocycles. The number of carbonyl (C=O) groups excluding carboxylic acids is 1. The van der Waals surface area contributed by atoms with Gasteiger partial charge in [-0.25, -0.2) is 9.97 Å². The van der Waals surface area contributed by atoms with Gasteiger partial charge in [0.2, 0.25) is 5.89 Å². The Labute approximate surface area is 144 Å². The van der Waals surface area contributed by atoms with Crippen molar-refractivity contribution in [3.05, 3.63) is 59.6 Å². The predicted octanol–water partition coefficient (Wildman–Crippen LogP) is 3.13. The molecule has 0 aliphatic carbocycles. The summed E-state index contributed by atoms with van der Waals surface area (Å²) in [6.07, 6.45) is 3.52. The van der Waals surface area contributed by atoms with Crippen LogP contribution < -0.4 is 5.32 Å². The van der Waals surface area contributed by atoms with Gasteiger partial charge < -0.3 is 9.73 Å². The number of hydrogen-bond acceptors (Lipinski definition) is 5. The fourth-order valence-electron chi connectivity index (χ4n) is 2.33. The van der Waals surface area contributed by atoms with E-state index in [0.717, 1.165) is 22.3 Å². The lowest BCUT2D eigenvalue weighted by Gasteiger charge is -2.10. The smallest absolute Gasteiger partial charge is 0.270 e. The Hall–Kier alpha value is -2.54. The lowest BCUT2D eigenvalue weighted by atomic mass is 10.3. The number of nitrogens with zero attached hydrogens (tertiary/aromatic N) is 3. The minimum absolute atomic E-state index is 0.222. The molecule has 0 aliphatic rings. The molecular formula is C17H18N4O2S. The Balaban J connectivity index is 1.83. The maximum atomic E-state index is 12.6. The van der Waals surface area contributed by atoms with E-state index in [0.29, 0.717) is 11.6 Å². The average Bonchev–Trinajstić information content (AvgIpc) is 3.17. The van der Waals surface area contributed by atoms with E-state index in [1.54, 1.807) is 6.20 Å². The minimum Gasteiger partial charge on any atom is -0.444 e. The molecule has 3 aromatic rings. The summed E-state index contributed by atoms with van der Waals surface area (Å²) in [7, 11) is 0. The zero-order valence-electron chi connectivity index (χ0n) is 13.7. The van der Waals surface area contributed by atoms with Gasteiger partial charge >= 0.3 is 0 Å². The van der Waals surface area contributed by atoms with Crippen molar-refractivity contribution in [2.75, 3.05) is 6.26 Å². The molecule has 6 nitrogen and oxygen atoms in total. The van der Waals surface area contributed by atoms with Crippen molar-refractivity contribution in [1.29, 1.82) is 0 Å². The van der Waals surface area contributed by atoms with E-state index in [4.69, 9.17) is 4.42 Å². The van der Waals surface area contributed by atoms with Gasteiger partial charge in [0.1, 0.15) is 11.5 Å². The highest BCUT2D eigenvalue weighted by molar-refractivity contribution is 7.98. The maximum Gasteiger partial charge on any atom is 0.270 e. The van der Waals surface area contributed by atoms with Gasteiger partial charge in [0.15, 0.2) is 5.16 Å². The predicted molar refractivity (Wildman–Crippen MR) is 92.5 cm³/mol. The molecular weight excluding hydrogens is 324 g/mol. The van der Waals surface area contributed by atoms with Crippen molar-refractivity contribution in [3.63, 3.8) is 0 Å². The van der Waals surface area contributed by atoms with E-state index in [1.165, 1.54) is 11.8 Å². The van der Waals surface area contributed by atoms with Gasteiger partial charge in [-0.3, -0.25) is 9.36 Å². The lowest BCUT2D eigenvalue weighted by molar-refractivity contribution is 0.0939. The third-order valence-electron chi connectivity index (χ3n) is 3.63. The molecule has 2 aromatic heterocycles. The first-order valence-electron chi connectivity index (χ1n) is 7.48. The average molecular weight is 342 g/mol. The minimum atomic E-state index is -0.222. The number of aromatic nitrogens is 3.